The number of hydrogen-bond donors (Lipinski definition) is 2. The Balaban J connectivity index is 1.41. The fraction of sp³-hybridized carbons (Fsp3) is 0.375. The SMILES string of the molecule is O=C(NC(CC(=O)N1CCC[C@@H]1C(=O)O)C(F)(F)F)OCC1c2ccccc2-c2ccccc21. The summed E-state index contributed by atoms with van der Waals surface area (Å²) in [5.74, 6) is -2.57. The van der Waals surface area contributed by atoms with Gasteiger partial charge in [0.25, 0.3) is 0 Å². The Bertz CT molecular complexity index is 1060. The zero-order chi connectivity index (χ0) is 24.5. The molecule has 0 spiro atoms. The number of likely N-dealkylation sites (tertiary alicyclic amines) is 1. The van der Waals surface area contributed by atoms with Crippen LogP contribution in [-0.2, 0) is 14.3 Å². The number of amides is 2. The summed E-state index contributed by atoms with van der Waals surface area (Å²) < 4.78 is 45.8. The van der Waals surface area contributed by atoms with Crippen LogP contribution < -0.4 is 5.32 Å². The van der Waals surface area contributed by atoms with Gasteiger partial charge in [-0.3, -0.25) is 4.79 Å². The van der Waals surface area contributed by atoms with Crippen LogP contribution in [0.4, 0.5) is 18.0 Å². The first kappa shape index (κ1) is 23.6. The predicted molar refractivity (Wildman–Crippen MR) is 115 cm³/mol. The quantitative estimate of drug-likeness (QED) is 0.659. The molecule has 1 heterocycles. The molecule has 4 rings (SSSR count). The van der Waals surface area contributed by atoms with Gasteiger partial charge in [0.15, 0.2) is 0 Å². The zero-order valence-corrected chi connectivity index (χ0v) is 18.0. The molecule has 2 amide bonds. The Morgan fingerprint density at radius 1 is 1.06 bits per heavy atom. The maximum Gasteiger partial charge on any atom is 0.409 e. The standard InChI is InChI=1S/C24H23F3N2O5/c25-24(26,27)20(12-21(30)29-11-5-10-19(29)22(31)32)28-23(33)34-13-18-16-8-3-1-6-14(16)15-7-2-4-9-17(15)18/h1-4,6-9,18-20H,5,10-13H2,(H,28,33)(H,31,32)/t19-,20?/m1/s1. The lowest BCUT2D eigenvalue weighted by Gasteiger charge is -2.26. The molecular weight excluding hydrogens is 453 g/mol. The summed E-state index contributed by atoms with van der Waals surface area (Å²) in [5.41, 5.74) is 3.77. The van der Waals surface area contributed by atoms with Crippen LogP contribution in [-0.4, -0.2) is 59.4 Å². The molecule has 2 atom stereocenters. The number of alkyl carbamates (subject to hydrolysis) is 1. The first-order valence-electron chi connectivity index (χ1n) is 10.9. The number of halogens is 3. The molecule has 0 radical (unpaired) electrons. The average molecular weight is 476 g/mol. The molecule has 7 nitrogen and oxygen atoms in total. The fourth-order valence-electron chi connectivity index (χ4n) is 4.64. The molecule has 180 valence electrons. The highest BCUT2D eigenvalue weighted by molar-refractivity contribution is 5.85. The van der Waals surface area contributed by atoms with Crippen molar-refractivity contribution in [3.8, 4) is 11.1 Å². The maximum absolute atomic E-state index is 13.6. The molecule has 1 aliphatic heterocycles. The van der Waals surface area contributed by atoms with Gasteiger partial charge in [-0.05, 0) is 35.1 Å². The smallest absolute Gasteiger partial charge is 0.409 e. The number of alkyl halides is 3. The minimum absolute atomic E-state index is 0.0608. The number of benzene rings is 2. The zero-order valence-electron chi connectivity index (χ0n) is 18.0. The maximum atomic E-state index is 13.6. The van der Waals surface area contributed by atoms with Crippen LogP contribution in [0.3, 0.4) is 0 Å². The van der Waals surface area contributed by atoms with Crippen molar-refractivity contribution in [2.24, 2.45) is 0 Å². The Labute approximate surface area is 193 Å². The highest BCUT2D eigenvalue weighted by Crippen LogP contribution is 2.44. The first-order valence-corrected chi connectivity index (χ1v) is 10.9. The van der Waals surface area contributed by atoms with Crippen LogP contribution in [0.25, 0.3) is 11.1 Å². The molecule has 1 saturated heterocycles. The van der Waals surface area contributed by atoms with Crippen molar-refractivity contribution in [1.29, 1.82) is 0 Å². The van der Waals surface area contributed by atoms with Crippen LogP contribution in [0.15, 0.2) is 48.5 Å². The molecular formula is C24H23F3N2O5. The lowest BCUT2D eigenvalue weighted by atomic mass is 9.98. The number of carbonyl (C=O) groups is 3. The number of carboxylic acid groups (broad SMARTS) is 1. The van der Waals surface area contributed by atoms with E-state index in [1.807, 2.05) is 48.5 Å². The van der Waals surface area contributed by atoms with E-state index in [-0.39, 0.29) is 25.5 Å². The molecule has 1 aliphatic carbocycles. The molecule has 1 fully saturated rings. The number of fused-ring (bicyclic) bond motifs is 3. The third kappa shape index (κ3) is 4.71. The van der Waals surface area contributed by atoms with Crippen LogP contribution in [0, 0.1) is 0 Å². The number of aliphatic carboxylic acids is 1. The van der Waals surface area contributed by atoms with E-state index < -0.39 is 42.7 Å². The van der Waals surface area contributed by atoms with Gasteiger partial charge >= 0.3 is 18.2 Å². The summed E-state index contributed by atoms with van der Waals surface area (Å²) in [5, 5.41) is 10.9. The van der Waals surface area contributed by atoms with Crippen molar-refractivity contribution < 1.29 is 37.4 Å². The van der Waals surface area contributed by atoms with E-state index in [2.05, 4.69) is 0 Å². The molecule has 0 bridgehead atoms. The van der Waals surface area contributed by atoms with Gasteiger partial charge in [0.1, 0.15) is 18.7 Å². The minimum atomic E-state index is -4.92. The summed E-state index contributed by atoms with van der Waals surface area (Å²) in [7, 11) is 0. The predicted octanol–water partition coefficient (Wildman–Crippen LogP) is 3.92. The second-order valence-electron chi connectivity index (χ2n) is 8.35. The van der Waals surface area contributed by atoms with Gasteiger partial charge in [0.05, 0.1) is 6.42 Å². The van der Waals surface area contributed by atoms with Crippen LogP contribution in [0.1, 0.15) is 36.3 Å². The highest BCUT2D eigenvalue weighted by Gasteiger charge is 2.45. The molecule has 2 aromatic carbocycles. The number of nitrogens with one attached hydrogen (secondary N) is 1. The van der Waals surface area contributed by atoms with E-state index in [0.29, 0.717) is 6.42 Å². The lowest BCUT2D eigenvalue weighted by molar-refractivity contribution is -0.165. The minimum Gasteiger partial charge on any atom is -0.480 e. The molecule has 0 aromatic heterocycles. The molecule has 2 aliphatic rings. The molecule has 2 N–H and O–H groups in total. The Morgan fingerprint density at radius 2 is 1.65 bits per heavy atom. The Kier molecular flexibility index (Phi) is 6.49. The van der Waals surface area contributed by atoms with Crippen molar-refractivity contribution in [3.63, 3.8) is 0 Å². The number of carboxylic acids is 1. The van der Waals surface area contributed by atoms with Gasteiger partial charge < -0.3 is 20.1 Å². The number of carbonyl (C=O) groups excluding carboxylic acids is 2. The van der Waals surface area contributed by atoms with Gasteiger partial charge in [0, 0.05) is 12.5 Å². The van der Waals surface area contributed by atoms with Gasteiger partial charge in [0.2, 0.25) is 5.91 Å². The van der Waals surface area contributed by atoms with Gasteiger partial charge in [-0.1, -0.05) is 48.5 Å². The Hall–Kier alpha value is -3.56. The highest BCUT2D eigenvalue weighted by atomic mass is 19.4. The number of rotatable bonds is 6. The summed E-state index contributed by atoms with van der Waals surface area (Å²) in [4.78, 5) is 36.9. The first-order chi connectivity index (χ1) is 16.2. The van der Waals surface area contributed by atoms with E-state index in [4.69, 9.17) is 4.74 Å². The van der Waals surface area contributed by atoms with Crippen LogP contribution >= 0.6 is 0 Å². The van der Waals surface area contributed by atoms with Gasteiger partial charge in [-0.15, -0.1) is 0 Å². The van der Waals surface area contributed by atoms with E-state index in [9.17, 15) is 32.7 Å². The molecule has 10 heteroatoms. The van der Waals surface area contributed by atoms with E-state index in [1.165, 1.54) is 0 Å². The summed E-state index contributed by atoms with van der Waals surface area (Å²) in [6, 6.07) is 11.4. The van der Waals surface area contributed by atoms with Crippen molar-refractivity contribution in [3.05, 3.63) is 59.7 Å². The van der Waals surface area contributed by atoms with Crippen LogP contribution in [0.2, 0.25) is 0 Å². The van der Waals surface area contributed by atoms with Crippen molar-refractivity contribution in [1.82, 2.24) is 10.2 Å². The second-order valence-corrected chi connectivity index (χ2v) is 8.35. The monoisotopic (exact) mass is 476 g/mol. The van der Waals surface area contributed by atoms with Crippen molar-refractivity contribution in [2.45, 2.75) is 43.4 Å². The molecule has 2 aromatic rings. The van der Waals surface area contributed by atoms with E-state index in [0.717, 1.165) is 27.2 Å². The van der Waals surface area contributed by atoms with Gasteiger partial charge in [-0.25, -0.2) is 9.59 Å². The van der Waals surface area contributed by atoms with Crippen LogP contribution in [0.5, 0.6) is 0 Å². The van der Waals surface area contributed by atoms with Crippen molar-refractivity contribution in [2.75, 3.05) is 13.2 Å². The van der Waals surface area contributed by atoms with E-state index >= 15 is 0 Å². The number of nitrogens with zero attached hydrogens (tertiary/aromatic N) is 1. The average Bonchev–Trinajstić information content (AvgIpc) is 3.40. The number of hydrogen-bond acceptors (Lipinski definition) is 4. The number of ether oxygens (including phenoxy) is 1. The lowest BCUT2D eigenvalue weighted by Crippen LogP contribution is -2.50. The third-order valence-corrected chi connectivity index (χ3v) is 6.27. The van der Waals surface area contributed by atoms with Gasteiger partial charge in [-0.2, -0.15) is 13.2 Å². The largest absolute Gasteiger partial charge is 0.480 e. The fourth-order valence-corrected chi connectivity index (χ4v) is 4.64. The molecule has 34 heavy (non-hydrogen) atoms. The van der Waals surface area contributed by atoms with E-state index in [1.54, 1.807) is 5.32 Å². The normalized spacial score (nSPS) is 18.2. The second kappa shape index (κ2) is 9.36. The van der Waals surface area contributed by atoms with Crippen molar-refractivity contribution >= 4 is 18.0 Å². The Morgan fingerprint density at radius 3 is 2.21 bits per heavy atom. The topological polar surface area (TPSA) is 95.9 Å². The molecule has 0 saturated carbocycles. The summed E-state index contributed by atoms with van der Waals surface area (Å²) >= 11 is 0. The summed E-state index contributed by atoms with van der Waals surface area (Å²) in [6.45, 7) is -0.114. The third-order valence-electron chi connectivity index (χ3n) is 6.27. The summed E-state index contributed by atoms with van der Waals surface area (Å²) in [6.07, 6.45) is -6.75. The molecule has 1 unspecified atom stereocenters.